The lowest BCUT2D eigenvalue weighted by Crippen LogP contribution is -2.20. The van der Waals surface area contributed by atoms with Crippen LogP contribution in [0, 0.1) is 0 Å². The first-order chi connectivity index (χ1) is 12.8. The number of carbonyl (C=O) groups is 1. The van der Waals surface area contributed by atoms with Gasteiger partial charge in [0.2, 0.25) is 0 Å². The summed E-state index contributed by atoms with van der Waals surface area (Å²) in [6.07, 6.45) is 4.53. The summed E-state index contributed by atoms with van der Waals surface area (Å²) in [5.74, 6) is 0.736. The molecule has 0 aliphatic rings. The van der Waals surface area contributed by atoms with Gasteiger partial charge in [0.05, 0.1) is 6.20 Å². The first kappa shape index (κ1) is 15.8. The molecule has 0 atom stereocenters. The van der Waals surface area contributed by atoms with Crippen LogP contribution in [0.25, 0.3) is 22.2 Å². The summed E-state index contributed by atoms with van der Waals surface area (Å²) in [6, 6.07) is 17.9. The Labute approximate surface area is 149 Å². The van der Waals surface area contributed by atoms with Gasteiger partial charge in [0, 0.05) is 29.0 Å². The van der Waals surface area contributed by atoms with Crippen molar-refractivity contribution in [1.82, 2.24) is 15.0 Å². The van der Waals surface area contributed by atoms with Crippen LogP contribution in [0.3, 0.4) is 0 Å². The van der Waals surface area contributed by atoms with Crippen LogP contribution in [0.5, 0.6) is 5.75 Å². The minimum Gasteiger partial charge on any atom is -0.484 e. The average Bonchev–Trinajstić information content (AvgIpc) is 3.12. The Balaban J connectivity index is 1.39. The lowest BCUT2D eigenvalue weighted by Gasteiger charge is -2.07. The molecule has 0 aliphatic carbocycles. The molecule has 2 aromatic heterocycles. The van der Waals surface area contributed by atoms with Gasteiger partial charge in [-0.05, 0) is 42.0 Å². The number of aromatic amines is 1. The summed E-state index contributed by atoms with van der Waals surface area (Å²) < 4.78 is 5.52. The molecule has 0 saturated heterocycles. The van der Waals surface area contributed by atoms with E-state index < -0.39 is 0 Å². The van der Waals surface area contributed by atoms with E-state index in [0.29, 0.717) is 11.6 Å². The highest BCUT2D eigenvalue weighted by molar-refractivity contribution is 5.90. The molecule has 0 bridgehead atoms. The summed E-state index contributed by atoms with van der Waals surface area (Å²) in [5, 5.41) is 3.79. The van der Waals surface area contributed by atoms with E-state index in [1.807, 2.05) is 42.5 Å². The van der Waals surface area contributed by atoms with Gasteiger partial charge in [-0.15, -0.1) is 0 Å². The topological polar surface area (TPSA) is 79.9 Å². The molecule has 0 radical (unpaired) electrons. The van der Waals surface area contributed by atoms with Crippen molar-refractivity contribution in [3.05, 3.63) is 73.2 Å². The molecular formula is C20H16N4O2. The number of hydrogen-bond donors (Lipinski definition) is 2. The number of anilines is 1. The molecule has 2 aromatic carbocycles. The van der Waals surface area contributed by atoms with Crippen LogP contribution in [0.15, 0.2) is 73.2 Å². The Morgan fingerprint density at radius 1 is 1.08 bits per heavy atom. The predicted molar refractivity (Wildman–Crippen MR) is 99.9 cm³/mol. The SMILES string of the molecule is O=C(COc1ccc(-c2cc3ccccc3[nH]2)cc1)Nc1cnccn1. The lowest BCUT2D eigenvalue weighted by molar-refractivity contribution is -0.118. The highest BCUT2D eigenvalue weighted by atomic mass is 16.5. The maximum absolute atomic E-state index is 11.9. The fourth-order valence-electron chi connectivity index (χ4n) is 2.65. The molecule has 26 heavy (non-hydrogen) atoms. The lowest BCUT2D eigenvalue weighted by atomic mass is 10.1. The number of benzene rings is 2. The summed E-state index contributed by atoms with van der Waals surface area (Å²) in [6.45, 7) is -0.0949. The summed E-state index contributed by atoms with van der Waals surface area (Å²) >= 11 is 0. The summed E-state index contributed by atoms with van der Waals surface area (Å²) in [5.41, 5.74) is 3.19. The van der Waals surface area contributed by atoms with E-state index in [1.54, 1.807) is 6.20 Å². The quantitative estimate of drug-likeness (QED) is 0.579. The summed E-state index contributed by atoms with van der Waals surface area (Å²) in [7, 11) is 0. The molecule has 0 spiro atoms. The Kier molecular flexibility index (Phi) is 4.30. The molecule has 0 unspecified atom stereocenters. The third-order valence-corrected chi connectivity index (χ3v) is 3.90. The van der Waals surface area contributed by atoms with Crippen molar-refractivity contribution >= 4 is 22.6 Å². The van der Waals surface area contributed by atoms with E-state index in [9.17, 15) is 4.79 Å². The Morgan fingerprint density at radius 3 is 2.69 bits per heavy atom. The predicted octanol–water partition coefficient (Wildman–Crippen LogP) is 3.64. The number of aromatic nitrogens is 3. The van der Waals surface area contributed by atoms with E-state index in [2.05, 4.69) is 32.4 Å². The number of nitrogens with zero attached hydrogens (tertiary/aromatic N) is 2. The molecule has 0 aliphatic heterocycles. The van der Waals surface area contributed by atoms with E-state index in [1.165, 1.54) is 17.8 Å². The largest absolute Gasteiger partial charge is 0.484 e. The zero-order valence-electron chi connectivity index (χ0n) is 13.8. The molecule has 0 saturated carbocycles. The number of fused-ring (bicyclic) bond motifs is 1. The van der Waals surface area contributed by atoms with Crippen LogP contribution in [-0.2, 0) is 4.79 Å². The van der Waals surface area contributed by atoms with Crippen LogP contribution >= 0.6 is 0 Å². The molecule has 128 valence electrons. The second-order valence-corrected chi connectivity index (χ2v) is 5.72. The zero-order chi connectivity index (χ0) is 17.8. The molecule has 2 heterocycles. The Morgan fingerprint density at radius 2 is 1.92 bits per heavy atom. The van der Waals surface area contributed by atoms with E-state index in [0.717, 1.165) is 16.8 Å². The van der Waals surface area contributed by atoms with Crippen LogP contribution in [0.1, 0.15) is 0 Å². The number of amides is 1. The molecule has 4 rings (SSSR count). The van der Waals surface area contributed by atoms with E-state index >= 15 is 0 Å². The third-order valence-electron chi connectivity index (χ3n) is 3.90. The van der Waals surface area contributed by atoms with Crippen LogP contribution < -0.4 is 10.1 Å². The highest BCUT2D eigenvalue weighted by Gasteiger charge is 2.06. The highest BCUT2D eigenvalue weighted by Crippen LogP contribution is 2.25. The molecule has 0 fully saturated rings. The number of hydrogen-bond acceptors (Lipinski definition) is 4. The Bertz CT molecular complexity index is 994. The molecule has 6 heteroatoms. The Hall–Kier alpha value is -3.67. The van der Waals surface area contributed by atoms with Crippen LogP contribution in [0.2, 0.25) is 0 Å². The standard InChI is InChI=1S/C20H16N4O2/c25-20(24-19-12-21-9-10-22-19)13-26-16-7-5-14(6-8-16)18-11-15-3-1-2-4-17(15)23-18/h1-12,23H,13H2,(H,22,24,25). The maximum Gasteiger partial charge on any atom is 0.263 e. The van der Waals surface area contributed by atoms with Gasteiger partial charge in [-0.1, -0.05) is 18.2 Å². The molecule has 2 N–H and O–H groups in total. The van der Waals surface area contributed by atoms with Crippen LogP contribution in [0.4, 0.5) is 5.82 Å². The number of para-hydroxylation sites is 1. The van der Waals surface area contributed by atoms with Crippen molar-refractivity contribution in [2.45, 2.75) is 0 Å². The number of ether oxygens (including phenoxy) is 1. The van der Waals surface area contributed by atoms with Gasteiger partial charge in [-0.25, -0.2) is 4.98 Å². The number of carbonyl (C=O) groups excluding carboxylic acids is 1. The van der Waals surface area contributed by atoms with Crippen molar-refractivity contribution in [2.24, 2.45) is 0 Å². The van der Waals surface area contributed by atoms with Crippen molar-refractivity contribution in [3.8, 4) is 17.0 Å². The minimum atomic E-state index is -0.287. The van der Waals surface area contributed by atoms with Crippen LogP contribution in [-0.4, -0.2) is 27.5 Å². The third kappa shape index (κ3) is 3.54. The minimum absolute atomic E-state index is 0.0949. The van der Waals surface area contributed by atoms with E-state index in [-0.39, 0.29) is 12.5 Å². The average molecular weight is 344 g/mol. The van der Waals surface area contributed by atoms with Gasteiger partial charge in [-0.3, -0.25) is 9.78 Å². The smallest absolute Gasteiger partial charge is 0.263 e. The zero-order valence-corrected chi connectivity index (χ0v) is 13.8. The van der Waals surface area contributed by atoms with Gasteiger partial charge >= 0.3 is 0 Å². The number of nitrogens with one attached hydrogen (secondary N) is 2. The first-order valence-electron chi connectivity index (χ1n) is 8.15. The molecular weight excluding hydrogens is 328 g/mol. The fraction of sp³-hybridized carbons (Fsp3) is 0.0500. The fourth-order valence-corrected chi connectivity index (χ4v) is 2.65. The van der Waals surface area contributed by atoms with Crippen molar-refractivity contribution in [1.29, 1.82) is 0 Å². The molecule has 6 nitrogen and oxygen atoms in total. The number of H-pyrrole nitrogens is 1. The summed E-state index contributed by atoms with van der Waals surface area (Å²) in [4.78, 5) is 23.1. The van der Waals surface area contributed by atoms with Gasteiger partial charge in [0.25, 0.3) is 5.91 Å². The maximum atomic E-state index is 11.9. The van der Waals surface area contributed by atoms with Crippen molar-refractivity contribution in [3.63, 3.8) is 0 Å². The number of rotatable bonds is 5. The molecule has 4 aromatic rings. The van der Waals surface area contributed by atoms with Crippen molar-refractivity contribution < 1.29 is 9.53 Å². The second kappa shape index (κ2) is 7.06. The first-order valence-corrected chi connectivity index (χ1v) is 8.15. The van der Waals surface area contributed by atoms with Gasteiger partial charge in [-0.2, -0.15) is 0 Å². The van der Waals surface area contributed by atoms with Gasteiger partial charge in [0.15, 0.2) is 12.4 Å². The van der Waals surface area contributed by atoms with Gasteiger partial charge < -0.3 is 15.0 Å². The van der Waals surface area contributed by atoms with Gasteiger partial charge in [0.1, 0.15) is 5.75 Å². The normalized spacial score (nSPS) is 10.6. The second-order valence-electron chi connectivity index (χ2n) is 5.72. The van der Waals surface area contributed by atoms with Crippen molar-refractivity contribution in [2.75, 3.05) is 11.9 Å². The molecule has 1 amide bonds. The monoisotopic (exact) mass is 344 g/mol. The van der Waals surface area contributed by atoms with E-state index in [4.69, 9.17) is 4.74 Å².